The third-order valence-corrected chi connectivity index (χ3v) is 3.59. The van der Waals surface area contributed by atoms with Crippen LogP contribution in [0.5, 0.6) is 0 Å². The summed E-state index contributed by atoms with van der Waals surface area (Å²) in [6.45, 7) is 8.60. The Balaban J connectivity index is 2.06. The Morgan fingerprint density at radius 1 is 1.43 bits per heavy atom. The molecule has 2 rings (SSSR count). The first kappa shape index (κ1) is 15.6. The number of hydrogen-bond donors (Lipinski definition) is 1. The lowest BCUT2D eigenvalue weighted by molar-refractivity contribution is -0.119. The minimum Gasteiger partial charge on any atom is -0.461 e. The van der Waals surface area contributed by atoms with Crippen molar-refractivity contribution in [1.82, 2.24) is 20.1 Å². The van der Waals surface area contributed by atoms with Crippen LogP contribution in [0.15, 0.2) is 28.0 Å². The Morgan fingerprint density at radius 2 is 2.19 bits per heavy atom. The van der Waals surface area contributed by atoms with Crippen LogP contribution in [-0.4, -0.2) is 32.0 Å². The minimum atomic E-state index is -0.227. The van der Waals surface area contributed by atoms with Gasteiger partial charge in [-0.2, -0.15) is 0 Å². The Kier molecular flexibility index (Phi) is 4.72. The molecule has 0 fully saturated rings. The quantitative estimate of drug-likeness (QED) is 0.859. The van der Waals surface area contributed by atoms with Crippen molar-refractivity contribution in [1.29, 1.82) is 0 Å². The number of thioether (sulfide) groups is 1. The zero-order valence-corrected chi connectivity index (χ0v) is 13.5. The summed E-state index contributed by atoms with van der Waals surface area (Å²) >= 11 is 1.37. The number of nitrogens with one attached hydrogen (secondary N) is 1. The molecule has 0 saturated heterocycles. The number of furan rings is 1. The molecule has 0 bridgehead atoms. The summed E-state index contributed by atoms with van der Waals surface area (Å²) in [5.74, 6) is 1.65. The van der Waals surface area contributed by atoms with Crippen LogP contribution in [0.3, 0.4) is 0 Å². The molecule has 2 heterocycles. The van der Waals surface area contributed by atoms with Crippen molar-refractivity contribution in [2.45, 2.75) is 44.9 Å². The summed E-state index contributed by atoms with van der Waals surface area (Å²) in [5.41, 5.74) is -0.227. The van der Waals surface area contributed by atoms with E-state index in [1.807, 2.05) is 44.4 Å². The van der Waals surface area contributed by atoms with E-state index in [1.165, 1.54) is 11.8 Å². The van der Waals surface area contributed by atoms with Crippen molar-refractivity contribution < 1.29 is 9.21 Å². The van der Waals surface area contributed by atoms with Gasteiger partial charge in [0.2, 0.25) is 5.91 Å². The number of amides is 1. The summed E-state index contributed by atoms with van der Waals surface area (Å²) in [4.78, 5) is 11.9. The van der Waals surface area contributed by atoms with E-state index in [1.54, 1.807) is 6.26 Å². The van der Waals surface area contributed by atoms with E-state index in [-0.39, 0.29) is 11.4 Å². The van der Waals surface area contributed by atoms with E-state index < -0.39 is 0 Å². The van der Waals surface area contributed by atoms with Crippen molar-refractivity contribution in [3.63, 3.8) is 0 Å². The molecule has 0 radical (unpaired) electrons. The first-order chi connectivity index (χ1) is 9.90. The fourth-order valence-corrected chi connectivity index (χ4v) is 2.66. The number of aromatic nitrogens is 3. The van der Waals surface area contributed by atoms with Crippen LogP contribution in [0, 0.1) is 0 Å². The summed E-state index contributed by atoms with van der Waals surface area (Å²) < 4.78 is 7.29. The third-order valence-electron chi connectivity index (χ3n) is 2.62. The van der Waals surface area contributed by atoms with Gasteiger partial charge in [-0.25, -0.2) is 0 Å². The van der Waals surface area contributed by atoms with Crippen LogP contribution >= 0.6 is 11.8 Å². The van der Waals surface area contributed by atoms with Crippen LogP contribution < -0.4 is 5.32 Å². The second-order valence-electron chi connectivity index (χ2n) is 5.61. The lowest BCUT2D eigenvalue weighted by atomic mass is 10.1. The van der Waals surface area contributed by atoms with Gasteiger partial charge in [0.05, 0.1) is 12.0 Å². The molecule has 0 aliphatic carbocycles. The largest absolute Gasteiger partial charge is 0.461 e. The monoisotopic (exact) mass is 308 g/mol. The highest BCUT2D eigenvalue weighted by Crippen LogP contribution is 2.24. The highest BCUT2D eigenvalue weighted by Gasteiger charge is 2.18. The minimum absolute atomic E-state index is 0.0160. The van der Waals surface area contributed by atoms with Gasteiger partial charge in [-0.05, 0) is 39.8 Å². The standard InChI is InChI=1S/C14H20N4O2S/c1-5-18-12(10-7-6-8-20-10)16-17-13(18)21-9-11(19)15-14(2,3)4/h6-8H,5,9H2,1-4H3,(H,15,19). The molecule has 0 spiro atoms. The Labute approximate surface area is 128 Å². The Morgan fingerprint density at radius 3 is 2.76 bits per heavy atom. The molecular formula is C14H20N4O2S. The van der Waals surface area contributed by atoms with Crippen molar-refractivity contribution in [2.24, 2.45) is 0 Å². The summed E-state index contributed by atoms with van der Waals surface area (Å²) in [7, 11) is 0. The lowest BCUT2D eigenvalue weighted by Crippen LogP contribution is -2.41. The van der Waals surface area contributed by atoms with E-state index in [2.05, 4.69) is 15.5 Å². The van der Waals surface area contributed by atoms with Crippen molar-refractivity contribution in [3.8, 4) is 11.6 Å². The summed E-state index contributed by atoms with van der Waals surface area (Å²) in [5, 5.41) is 11.9. The van der Waals surface area contributed by atoms with Crippen molar-refractivity contribution in [3.05, 3.63) is 18.4 Å². The lowest BCUT2D eigenvalue weighted by Gasteiger charge is -2.20. The number of hydrogen-bond acceptors (Lipinski definition) is 5. The average Bonchev–Trinajstić information content (AvgIpc) is 3.02. The van der Waals surface area contributed by atoms with Gasteiger partial charge < -0.3 is 9.73 Å². The molecule has 114 valence electrons. The van der Waals surface area contributed by atoms with Crippen molar-refractivity contribution in [2.75, 3.05) is 5.75 Å². The van der Waals surface area contributed by atoms with Crippen LogP contribution in [0.4, 0.5) is 0 Å². The Bertz CT molecular complexity index is 599. The predicted molar refractivity (Wildman–Crippen MR) is 82.0 cm³/mol. The first-order valence-electron chi connectivity index (χ1n) is 6.81. The molecule has 0 unspecified atom stereocenters. The van der Waals surface area contributed by atoms with Gasteiger partial charge in [-0.1, -0.05) is 11.8 Å². The maximum Gasteiger partial charge on any atom is 0.230 e. The van der Waals surface area contributed by atoms with E-state index in [4.69, 9.17) is 4.42 Å². The second kappa shape index (κ2) is 6.34. The molecule has 1 amide bonds. The zero-order chi connectivity index (χ0) is 15.5. The van der Waals surface area contributed by atoms with E-state index in [0.29, 0.717) is 29.0 Å². The highest BCUT2D eigenvalue weighted by atomic mass is 32.2. The highest BCUT2D eigenvalue weighted by molar-refractivity contribution is 7.99. The number of carbonyl (C=O) groups excluding carboxylic acids is 1. The average molecular weight is 308 g/mol. The van der Waals surface area contributed by atoms with Gasteiger partial charge >= 0.3 is 0 Å². The number of nitrogens with zero attached hydrogens (tertiary/aromatic N) is 3. The molecule has 0 aliphatic heterocycles. The fourth-order valence-electron chi connectivity index (χ4n) is 1.85. The SMILES string of the molecule is CCn1c(SCC(=O)NC(C)(C)C)nnc1-c1ccco1. The third kappa shape index (κ3) is 4.10. The summed E-state index contributed by atoms with van der Waals surface area (Å²) in [6.07, 6.45) is 1.60. The van der Waals surface area contributed by atoms with Gasteiger partial charge in [0.25, 0.3) is 0 Å². The smallest absolute Gasteiger partial charge is 0.230 e. The number of carbonyl (C=O) groups is 1. The molecule has 0 aromatic carbocycles. The molecule has 1 N–H and O–H groups in total. The van der Waals surface area contributed by atoms with Gasteiger partial charge in [-0.3, -0.25) is 9.36 Å². The van der Waals surface area contributed by atoms with Gasteiger partial charge in [0.15, 0.2) is 16.7 Å². The molecule has 2 aromatic rings. The van der Waals surface area contributed by atoms with Crippen LogP contribution in [0.1, 0.15) is 27.7 Å². The van der Waals surface area contributed by atoms with Gasteiger partial charge in [0, 0.05) is 12.1 Å². The topological polar surface area (TPSA) is 73.0 Å². The molecule has 21 heavy (non-hydrogen) atoms. The normalized spacial score (nSPS) is 11.6. The van der Waals surface area contributed by atoms with E-state index >= 15 is 0 Å². The predicted octanol–water partition coefficient (Wildman–Crippen LogP) is 2.56. The van der Waals surface area contributed by atoms with Crippen LogP contribution in [-0.2, 0) is 11.3 Å². The first-order valence-corrected chi connectivity index (χ1v) is 7.80. The molecule has 6 nitrogen and oxygen atoms in total. The molecule has 2 aromatic heterocycles. The van der Waals surface area contributed by atoms with Gasteiger partial charge in [-0.15, -0.1) is 10.2 Å². The molecular weight excluding hydrogens is 288 g/mol. The van der Waals surface area contributed by atoms with Crippen LogP contribution in [0.2, 0.25) is 0 Å². The maximum absolute atomic E-state index is 11.9. The van der Waals surface area contributed by atoms with Gasteiger partial charge in [0.1, 0.15) is 0 Å². The second-order valence-corrected chi connectivity index (χ2v) is 6.56. The molecule has 7 heteroatoms. The van der Waals surface area contributed by atoms with E-state index in [9.17, 15) is 4.79 Å². The summed E-state index contributed by atoms with van der Waals surface area (Å²) in [6, 6.07) is 3.66. The zero-order valence-electron chi connectivity index (χ0n) is 12.7. The Hall–Kier alpha value is -1.76. The van der Waals surface area contributed by atoms with E-state index in [0.717, 1.165) is 0 Å². The van der Waals surface area contributed by atoms with Crippen molar-refractivity contribution >= 4 is 17.7 Å². The molecule has 0 atom stereocenters. The number of rotatable bonds is 5. The maximum atomic E-state index is 11.9. The van der Waals surface area contributed by atoms with Crippen LogP contribution in [0.25, 0.3) is 11.6 Å². The molecule has 0 aliphatic rings. The fraction of sp³-hybridized carbons (Fsp3) is 0.500. The molecule has 0 saturated carbocycles.